The number of benzene rings is 1. The number of aliphatic carboxylic acids is 1. The smallest absolute Gasteiger partial charge is 0.326 e. The highest BCUT2D eigenvalue weighted by atomic mass is 16.4. The van der Waals surface area contributed by atoms with E-state index >= 15 is 0 Å². The van der Waals surface area contributed by atoms with Gasteiger partial charge in [-0.25, -0.2) is 4.79 Å². The van der Waals surface area contributed by atoms with Crippen LogP contribution in [0.3, 0.4) is 0 Å². The summed E-state index contributed by atoms with van der Waals surface area (Å²) in [5.74, 6) is -3.23. The van der Waals surface area contributed by atoms with E-state index in [4.69, 9.17) is 17.2 Å². The number of carbonyl (C=O) groups is 4. The maximum atomic E-state index is 13.5. The molecule has 0 bridgehead atoms. The first kappa shape index (κ1) is 34.1. The molecule has 0 saturated carbocycles. The van der Waals surface area contributed by atoms with Gasteiger partial charge in [-0.15, -0.1) is 0 Å². The van der Waals surface area contributed by atoms with E-state index in [9.17, 15) is 24.3 Å². The lowest BCUT2D eigenvalue weighted by molar-refractivity contribution is -0.142. The van der Waals surface area contributed by atoms with Gasteiger partial charge in [0.2, 0.25) is 17.7 Å². The molecule has 5 atom stereocenters. The topological polar surface area (TPSA) is 231 Å². The lowest BCUT2D eigenvalue weighted by Crippen LogP contribution is -2.59. The van der Waals surface area contributed by atoms with E-state index < -0.39 is 47.9 Å². The van der Waals surface area contributed by atoms with Gasteiger partial charge in [0.25, 0.3) is 0 Å². The molecule has 11 N–H and O–H groups in total. The standard InChI is InChI=1S/C29H46N8O5/c1-5-17(4)24(37-25(38)20(30)14-18-15-34-21-10-7-6-9-19(18)21)27(40)36-23(13-16(2)3)26(39)35-22(28(41)42)11-8-12-33-29(31)32/h6-7,9-10,15-17,20,22-24,34H,5,8,11-14,30H2,1-4H3,(H,35,39)(H,36,40)(H,37,38)(H,41,42)(H4,31,32,33). The number of aromatic nitrogens is 1. The molecule has 0 aliphatic carbocycles. The van der Waals surface area contributed by atoms with E-state index in [1.54, 1.807) is 0 Å². The Balaban J connectivity index is 2.11. The third-order valence-electron chi connectivity index (χ3n) is 7.14. The Kier molecular flexibility index (Phi) is 13.3. The molecule has 42 heavy (non-hydrogen) atoms. The molecule has 2 rings (SSSR count). The number of aliphatic imine (C=N–C) groups is 1. The van der Waals surface area contributed by atoms with Gasteiger partial charge in [0, 0.05) is 23.6 Å². The summed E-state index contributed by atoms with van der Waals surface area (Å²) in [6.07, 6.45) is 3.35. The van der Waals surface area contributed by atoms with Crippen LogP contribution < -0.4 is 33.2 Å². The van der Waals surface area contributed by atoms with E-state index in [-0.39, 0.29) is 43.6 Å². The maximum Gasteiger partial charge on any atom is 0.326 e. The highest BCUT2D eigenvalue weighted by Crippen LogP contribution is 2.19. The van der Waals surface area contributed by atoms with Crippen LogP contribution in [-0.2, 0) is 25.6 Å². The summed E-state index contributed by atoms with van der Waals surface area (Å²) in [5.41, 5.74) is 18.7. The van der Waals surface area contributed by atoms with Crippen LogP contribution in [0.15, 0.2) is 35.5 Å². The number of carbonyl (C=O) groups excluding carboxylic acids is 3. The second-order valence-corrected chi connectivity index (χ2v) is 11.1. The predicted molar refractivity (Wildman–Crippen MR) is 162 cm³/mol. The molecule has 2 aromatic rings. The van der Waals surface area contributed by atoms with Crippen molar-refractivity contribution in [2.24, 2.45) is 34.0 Å². The number of fused-ring (bicyclic) bond motifs is 1. The third kappa shape index (κ3) is 10.4. The summed E-state index contributed by atoms with van der Waals surface area (Å²) < 4.78 is 0. The highest BCUT2D eigenvalue weighted by Gasteiger charge is 2.33. The van der Waals surface area contributed by atoms with Crippen molar-refractivity contribution in [2.75, 3.05) is 6.54 Å². The van der Waals surface area contributed by atoms with Gasteiger partial charge in [0.05, 0.1) is 6.04 Å². The largest absolute Gasteiger partial charge is 0.480 e. The Morgan fingerprint density at radius 3 is 2.26 bits per heavy atom. The number of carboxylic acids is 1. The zero-order valence-corrected chi connectivity index (χ0v) is 24.9. The SMILES string of the molecule is CCC(C)C(NC(=O)C(N)Cc1c[nH]c2ccccc12)C(=O)NC(CC(C)C)C(=O)NC(CCCN=C(N)N)C(=O)O. The third-order valence-corrected chi connectivity index (χ3v) is 7.14. The van der Waals surface area contributed by atoms with Crippen LogP contribution in [0, 0.1) is 11.8 Å². The minimum absolute atomic E-state index is 0.00688. The number of hydrogen-bond acceptors (Lipinski definition) is 6. The van der Waals surface area contributed by atoms with Crippen molar-refractivity contribution in [2.45, 2.75) is 84.0 Å². The number of nitrogens with two attached hydrogens (primary N) is 3. The zero-order valence-electron chi connectivity index (χ0n) is 24.9. The molecule has 0 radical (unpaired) electrons. The van der Waals surface area contributed by atoms with Gasteiger partial charge in [-0.3, -0.25) is 19.4 Å². The first-order valence-electron chi connectivity index (χ1n) is 14.3. The van der Waals surface area contributed by atoms with E-state index in [0.29, 0.717) is 12.8 Å². The maximum absolute atomic E-state index is 13.5. The number of guanidine groups is 1. The Bertz CT molecular complexity index is 1240. The summed E-state index contributed by atoms with van der Waals surface area (Å²) in [5, 5.41) is 18.6. The number of rotatable bonds is 17. The van der Waals surface area contributed by atoms with Gasteiger partial charge < -0.3 is 43.2 Å². The fourth-order valence-corrected chi connectivity index (χ4v) is 4.59. The molecule has 13 nitrogen and oxygen atoms in total. The van der Waals surface area contributed by atoms with Crippen molar-refractivity contribution in [3.8, 4) is 0 Å². The van der Waals surface area contributed by atoms with Crippen molar-refractivity contribution in [3.63, 3.8) is 0 Å². The summed E-state index contributed by atoms with van der Waals surface area (Å²) in [6.45, 7) is 7.69. The van der Waals surface area contributed by atoms with Crippen molar-refractivity contribution in [3.05, 3.63) is 36.0 Å². The number of H-pyrrole nitrogens is 1. The zero-order chi connectivity index (χ0) is 31.4. The normalized spacial score (nSPS) is 14.8. The molecule has 0 aliphatic heterocycles. The van der Waals surface area contributed by atoms with Crippen LogP contribution in [0.2, 0.25) is 0 Å². The van der Waals surface area contributed by atoms with Crippen molar-refractivity contribution in [1.82, 2.24) is 20.9 Å². The van der Waals surface area contributed by atoms with Crippen molar-refractivity contribution >= 4 is 40.6 Å². The Hall–Kier alpha value is -4.13. The molecule has 13 heteroatoms. The quantitative estimate of drug-likeness (QED) is 0.0746. The van der Waals surface area contributed by atoms with Gasteiger partial charge in [-0.05, 0) is 49.1 Å². The molecule has 0 aliphatic rings. The van der Waals surface area contributed by atoms with Gasteiger partial charge in [-0.1, -0.05) is 52.3 Å². The van der Waals surface area contributed by atoms with Crippen LogP contribution in [0.4, 0.5) is 0 Å². The Morgan fingerprint density at radius 1 is 0.976 bits per heavy atom. The molecule has 1 heterocycles. The number of nitrogens with one attached hydrogen (secondary N) is 4. The monoisotopic (exact) mass is 586 g/mol. The molecule has 0 saturated heterocycles. The summed E-state index contributed by atoms with van der Waals surface area (Å²) in [4.78, 5) is 58.6. The fourth-order valence-electron chi connectivity index (χ4n) is 4.59. The molecule has 0 fully saturated rings. The second kappa shape index (κ2) is 16.3. The summed E-state index contributed by atoms with van der Waals surface area (Å²) in [6, 6.07) is 3.63. The minimum atomic E-state index is -1.21. The number of amides is 3. The van der Waals surface area contributed by atoms with Crippen LogP contribution in [-0.4, -0.2) is 70.5 Å². The fraction of sp³-hybridized carbons (Fsp3) is 0.552. The number of para-hydroxylation sites is 1. The minimum Gasteiger partial charge on any atom is -0.480 e. The molecular weight excluding hydrogens is 540 g/mol. The Morgan fingerprint density at radius 2 is 1.64 bits per heavy atom. The molecule has 0 spiro atoms. The van der Waals surface area contributed by atoms with Gasteiger partial charge >= 0.3 is 5.97 Å². The Labute approximate surface area is 246 Å². The molecule has 1 aromatic heterocycles. The van der Waals surface area contributed by atoms with Gasteiger partial charge in [0.15, 0.2) is 5.96 Å². The summed E-state index contributed by atoms with van der Waals surface area (Å²) in [7, 11) is 0. The van der Waals surface area contributed by atoms with E-state index in [1.807, 2.05) is 58.2 Å². The first-order valence-corrected chi connectivity index (χ1v) is 14.3. The van der Waals surface area contributed by atoms with Gasteiger partial charge in [-0.2, -0.15) is 0 Å². The number of hydrogen-bond donors (Lipinski definition) is 8. The number of aromatic amines is 1. The van der Waals surface area contributed by atoms with E-state index in [1.165, 1.54) is 0 Å². The van der Waals surface area contributed by atoms with E-state index in [2.05, 4.69) is 25.9 Å². The molecule has 1 aromatic carbocycles. The van der Waals surface area contributed by atoms with Crippen LogP contribution >= 0.6 is 0 Å². The predicted octanol–water partition coefficient (Wildman–Crippen LogP) is 0.723. The number of carboxylic acid groups (broad SMARTS) is 1. The molecular formula is C29H46N8O5. The van der Waals surface area contributed by atoms with Crippen LogP contribution in [0.5, 0.6) is 0 Å². The molecule has 232 valence electrons. The average molecular weight is 587 g/mol. The lowest BCUT2D eigenvalue weighted by atomic mass is 9.96. The average Bonchev–Trinajstić information content (AvgIpc) is 3.34. The first-order chi connectivity index (χ1) is 19.8. The molecule has 5 unspecified atom stereocenters. The summed E-state index contributed by atoms with van der Waals surface area (Å²) >= 11 is 0. The highest BCUT2D eigenvalue weighted by molar-refractivity contribution is 5.94. The van der Waals surface area contributed by atoms with Crippen LogP contribution in [0.25, 0.3) is 10.9 Å². The van der Waals surface area contributed by atoms with E-state index in [0.717, 1.165) is 16.5 Å². The van der Waals surface area contributed by atoms with Crippen molar-refractivity contribution in [1.29, 1.82) is 0 Å². The van der Waals surface area contributed by atoms with Gasteiger partial charge in [0.1, 0.15) is 18.1 Å². The van der Waals surface area contributed by atoms with Crippen molar-refractivity contribution < 1.29 is 24.3 Å². The number of nitrogens with zero attached hydrogens (tertiary/aromatic N) is 1. The lowest BCUT2D eigenvalue weighted by Gasteiger charge is -2.28. The van der Waals surface area contributed by atoms with Crippen LogP contribution in [0.1, 0.15) is 58.9 Å². The molecule has 3 amide bonds. The second-order valence-electron chi connectivity index (χ2n) is 11.1.